The molecule has 16 heavy (non-hydrogen) atoms. The summed E-state index contributed by atoms with van der Waals surface area (Å²) in [6, 6.07) is 4.00. The van der Waals surface area contributed by atoms with Crippen molar-refractivity contribution in [1.29, 1.82) is 0 Å². The summed E-state index contributed by atoms with van der Waals surface area (Å²) in [6.07, 6.45) is 0. The second-order valence-electron chi connectivity index (χ2n) is 3.88. The number of rotatable bonds is 5. The van der Waals surface area contributed by atoms with E-state index < -0.39 is 0 Å². The maximum Gasteiger partial charge on any atom is 0.166 e. The molecule has 0 radical (unpaired) electrons. The lowest BCUT2D eigenvalue weighted by Gasteiger charge is -2.16. The fourth-order valence-corrected chi connectivity index (χ4v) is 1.60. The summed E-state index contributed by atoms with van der Waals surface area (Å²) in [5, 5.41) is 0. The van der Waals surface area contributed by atoms with E-state index in [1.54, 1.807) is 14.2 Å². The van der Waals surface area contributed by atoms with Crippen LogP contribution in [0.5, 0.6) is 11.5 Å². The van der Waals surface area contributed by atoms with E-state index in [4.69, 9.17) is 15.4 Å². The molecule has 1 aromatic rings. The van der Waals surface area contributed by atoms with Gasteiger partial charge in [0.25, 0.3) is 0 Å². The first-order valence-corrected chi connectivity index (χ1v) is 5.20. The molecule has 0 unspecified atom stereocenters. The molecule has 0 aliphatic carbocycles. The van der Waals surface area contributed by atoms with Crippen molar-refractivity contribution < 1.29 is 14.3 Å². The second kappa shape index (κ2) is 5.72. The first kappa shape index (κ1) is 12.8. The Bertz CT molecular complexity index is 350. The van der Waals surface area contributed by atoms with Crippen molar-refractivity contribution in [3.05, 3.63) is 23.3 Å². The number of ether oxygens (including phenoxy) is 2. The largest absolute Gasteiger partial charge is 0.493 e. The number of benzene rings is 1. The van der Waals surface area contributed by atoms with E-state index in [0.717, 1.165) is 5.56 Å². The maximum absolute atomic E-state index is 5.29. The third-order valence-corrected chi connectivity index (χ3v) is 2.48. The van der Waals surface area contributed by atoms with E-state index in [1.807, 2.05) is 12.1 Å². The van der Waals surface area contributed by atoms with Gasteiger partial charge in [-0.25, -0.2) is 5.90 Å². The lowest BCUT2D eigenvalue weighted by atomic mass is 10.00. The molecule has 0 aromatic heterocycles. The minimum absolute atomic E-state index is 0.306. The van der Waals surface area contributed by atoms with Gasteiger partial charge in [-0.3, -0.25) is 4.84 Å². The molecule has 1 rings (SSSR count). The molecule has 2 N–H and O–H groups in total. The smallest absolute Gasteiger partial charge is 0.166 e. The summed E-state index contributed by atoms with van der Waals surface area (Å²) in [5.41, 5.74) is 2.07. The van der Waals surface area contributed by atoms with Gasteiger partial charge >= 0.3 is 0 Å². The van der Waals surface area contributed by atoms with Gasteiger partial charge in [-0.15, -0.1) is 0 Å². The molecule has 0 amide bonds. The van der Waals surface area contributed by atoms with Crippen LogP contribution in [-0.4, -0.2) is 14.2 Å². The van der Waals surface area contributed by atoms with Crippen molar-refractivity contribution in [2.45, 2.75) is 26.4 Å². The SMILES string of the molecule is COc1cc(C(C)C)cc(CON)c1OC. The Labute approximate surface area is 96.3 Å². The topological polar surface area (TPSA) is 53.7 Å². The first-order valence-electron chi connectivity index (χ1n) is 5.20. The Hall–Kier alpha value is -1.26. The molecular weight excluding hydrogens is 206 g/mol. The first-order chi connectivity index (χ1) is 7.63. The van der Waals surface area contributed by atoms with E-state index in [9.17, 15) is 0 Å². The van der Waals surface area contributed by atoms with Crippen LogP contribution in [0.15, 0.2) is 12.1 Å². The summed E-state index contributed by atoms with van der Waals surface area (Å²) < 4.78 is 10.6. The van der Waals surface area contributed by atoms with E-state index in [2.05, 4.69) is 18.7 Å². The molecule has 4 nitrogen and oxygen atoms in total. The number of nitrogens with two attached hydrogens (primary N) is 1. The molecule has 1 aromatic carbocycles. The fourth-order valence-electron chi connectivity index (χ4n) is 1.60. The monoisotopic (exact) mass is 225 g/mol. The quantitative estimate of drug-likeness (QED) is 0.781. The van der Waals surface area contributed by atoms with Crippen molar-refractivity contribution in [3.63, 3.8) is 0 Å². The summed E-state index contributed by atoms with van der Waals surface area (Å²) in [4.78, 5) is 4.67. The second-order valence-corrected chi connectivity index (χ2v) is 3.88. The molecule has 90 valence electrons. The molecule has 0 aliphatic heterocycles. The minimum Gasteiger partial charge on any atom is -0.493 e. The van der Waals surface area contributed by atoms with Gasteiger partial charge in [0.15, 0.2) is 11.5 Å². The number of hydrogen-bond donors (Lipinski definition) is 1. The van der Waals surface area contributed by atoms with Gasteiger partial charge in [0.2, 0.25) is 0 Å². The van der Waals surface area contributed by atoms with Gasteiger partial charge in [-0.05, 0) is 23.6 Å². The van der Waals surface area contributed by atoms with E-state index >= 15 is 0 Å². The van der Waals surface area contributed by atoms with E-state index in [1.165, 1.54) is 5.56 Å². The highest BCUT2D eigenvalue weighted by Gasteiger charge is 2.13. The minimum atomic E-state index is 0.306. The Morgan fingerprint density at radius 2 is 1.88 bits per heavy atom. The number of methoxy groups -OCH3 is 2. The van der Waals surface area contributed by atoms with Crippen LogP contribution in [0.3, 0.4) is 0 Å². The molecule has 0 saturated heterocycles. The molecular formula is C12H19NO3. The molecule has 0 saturated carbocycles. The van der Waals surface area contributed by atoms with Crippen LogP contribution in [0.1, 0.15) is 30.9 Å². The van der Waals surface area contributed by atoms with Crippen LogP contribution in [0.2, 0.25) is 0 Å². The highest BCUT2D eigenvalue weighted by atomic mass is 16.6. The van der Waals surface area contributed by atoms with Crippen molar-refractivity contribution in [2.24, 2.45) is 5.90 Å². The summed E-state index contributed by atoms with van der Waals surface area (Å²) >= 11 is 0. The van der Waals surface area contributed by atoms with Gasteiger partial charge in [0.1, 0.15) is 0 Å². The van der Waals surface area contributed by atoms with Crippen LogP contribution in [0.25, 0.3) is 0 Å². The van der Waals surface area contributed by atoms with Crippen molar-refractivity contribution in [1.82, 2.24) is 0 Å². The zero-order valence-corrected chi connectivity index (χ0v) is 10.2. The zero-order chi connectivity index (χ0) is 12.1. The Balaban J connectivity index is 3.25. The molecule has 0 heterocycles. The van der Waals surface area contributed by atoms with Gasteiger partial charge < -0.3 is 9.47 Å². The van der Waals surface area contributed by atoms with Crippen molar-refractivity contribution in [2.75, 3.05) is 14.2 Å². The Morgan fingerprint density at radius 1 is 1.19 bits per heavy atom. The van der Waals surface area contributed by atoms with E-state index in [0.29, 0.717) is 24.0 Å². The summed E-state index contributed by atoms with van der Waals surface area (Å²) in [7, 11) is 3.22. The van der Waals surface area contributed by atoms with Crippen LogP contribution in [0, 0.1) is 0 Å². The van der Waals surface area contributed by atoms with Crippen molar-refractivity contribution >= 4 is 0 Å². The van der Waals surface area contributed by atoms with Gasteiger partial charge in [0, 0.05) is 5.56 Å². The average Bonchev–Trinajstić information content (AvgIpc) is 2.28. The maximum atomic E-state index is 5.29. The molecule has 0 aliphatic rings. The summed E-state index contributed by atoms with van der Waals surface area (Å²) in [6.45, 7) is 4.54. The zero-order valence-electron chi connectivity index (χ0n) is 10.2. The van der Waals surface area contributed by atoms with Gasteiger partial charge in [-0.2, -0.15) is 0 Å². The van der Waals surface area contributed by atoms with Crippen LogP contribution in [-0.2, 0) is 11.4 Å². The third-order valence-electron chi connectivity index (χ3n) is 2.48. The predicted molar refractivity (Wildman–Crippen MR) is 62.6 cm³/mol. The standard InChI is InChI=1S/C12H19NO3/c1-8(2)9-5-10(7-16-13)12(15-4)11(6-9)14-3/h5-6,8H,7,13H2,1-4H3. The molecule has 0 spiro atoms. The van der Waals surface area contributed by atoms with Crippen LogP contribution < -0.4 is 15.4 Å². The van der Waals surface area contributed by atoms with Gasteiger partial charge in [0.05, 0.1) is 20.8 Å². The fraction of sp³-hybridized carbons (Fsp3) is 0.500. The van der Waals surface area contributed by atoms with E-state index in [-0.39, 0.29) is 0 Å². The number of hydrogen-bond acceptors (Lipinski definition) is 4. The highest BCUT2D eigenvalue weighted by Crippen LogP contribution is 2.35. The average molecular weight is 225 g/mol. The molecule has 0 fully saturated rings. The van der Waals surface area contributed by atoms with Gasteiger partial charge in [-0.1, -0.05) is 13.8 Å². The van der Waals surface area contributed by atoms with Crippen LogP contribution in [0.4, 0.5) is 0 Å². The lowest BCUT2D eigenvalue weighted by Crippen LogP contribution is -2.04. The van der Waals surface area contributed by atoms with Crippen LogP contribution >= 0.6 is 0 Å². The normalized spacial score (nSPS) is 10.6. The molecule has 4 heteroatoms. The predicted octanol–water partition coefficient (Wildman–Crippen LogP) is 2.22. The molecule has 0 bridgehead atoms. The Morgan fingerprint density at radius 3 is 2.31 bits per heavy atom. The molecule has 0 atom stereocenters. The third kappa shape index (κ3) is 2.65. The summed E-state index contributed by atoms with van der Waals surface area (Å²) in [5.74, 6) is 6.91. The van der Waals surface area contributed by atoms with Crippen molar-refractivity contribution in [3.8, 4) is 11.5 Å². The highest BCUT2D eigenvalue weighted by molar-refractivity contribution is 5.50. The lowest BCUT2D eigenvalue weighted by molar-refractivity contribution is 0.121. The Kier molecular flexibility index (Phi) is 4.58.